The Labute approximate surface area is 254 Å². The Morgan fingerprint density at radius 1 is 1.19 bits per heavy atom. The van der Waals surface area contributed by atoms with Gasteiger partial charge in [0.15, 0.2) is 5.89 Å². The number of fused-ring (bicyclic) bond motifs is 3. The fraction of sp³-hybridized carbons (Fsp3) is 0.559. The van der Waals surface area contributed by atoms with E-state index in [2.05, 4.69) is 4.98 Å². The van der Waals surface area contributed by atoms with Gasteiger partial charge in [0.2, 0.25) is 0 Å². The highest BCUT2D eigenvalue weighted by Gasteiger charge is 2.57. The van der Waals surface area contributed by atoms with E-state index in [0.29, 0.717) is 30.7 Å². The van der Waals surface area contributed by atoms with E-state index < -0.39 is 35.8 Å². The molecule has 0 amide bonds. The minimum Gasteiger partial charge on any atom is -0.462 e. The predicted molar refractivity (Wildman–Crippen MR) is 161 cm³/mol. The SMILES string of the molecule is CC(C=CC=C(C)C(O)C(C)C1CC(O)C2(C)OC2C=CC(C)C2CC(CC=CC(=O)O1)CC(=O)O2)=Cc1coc(C)n1. The van der Waals surface area contributed by atoms with Crippen LogP contribution in [0.25, 0.3) is 6.08 Å². The largest absolute Gasteiger partial charge is 0.462 e. The molecule has 0 aliphatic carbocycles. The molecule has 9 atom stereocenters. The number of carbonyl (C=O) groups excluding carboxylic acids is 2. The number of hydrogen-bond donors (Lipinski definition) is 2. The van der Waals surface area contributed by atoms with Gasteiger partial charge in [-0.05, 0) is 56.8 Å². The summed E-state index contributed by atoms with van der Waals surface area (Å²) in [6.07, 6.45) is 14.5. The Morgan fingerprint density at radius 3 is 2.67 bits per heavy atom. The highest BCUT2D eigenvalue weighted by atomic mass is 16.6. The van der Waals surface area contributed by atoms with Crippen LogP contribution in [0.1, 0.15) is 71.9 Å². The number of allylic oxidation sites excluding steroid dienone is 5. The van der Waals surface area contributed by atoms with E-state index in [4.69, 9.17) is 18.6 Å². The van der Waals surface area contributed by atoms with Crippen LogP contribution in [0.5, 0.6) is 0 Å². The van der Waals surface area contributed by atoms with E-state index in [9.17, 15) is 19.8 Å². The summed E-state index contributed by atoms with van der Waals surface area (Å²) in [6.45, 7) is 11.2. The lowest BCUT2D eigenvalue weighted by Gasteiger charge is -2.31. The van der Waals surface area contributed by atoms with Crippen molar-refractivity contribution in [2.75, 3.05) is 0 Å². The molecule has 234 valence electrons. The molecule has 0 aromatic carbocycles. The zero-order valence-electron chi connectivity index (χ0n) is 25.9. The lowest BCUT2D eigenvalue weighted by Crippen LogP contribution is -2.40. The molecular formula is C34H45NO8. The molecule has 2 bridgehead atoms. The van der Waals surface area contributed by atoms with Gasteiger partial charge in [0.1, 0.15) is 35.9 Å². The number of aliphatic hydroxyl groups is 2. The first-order valence-corrected chi connectivity index (χ1v) is 15.1. The van der Waals surface area contributed by atoms with Gasteiger partial charge in [-0.1, -0.05) is 50.3 Å². The predicted octanol–water partition coefficient (Wildman–Crippen LogP) is 5.18. The van der Waals surface area contributed by atoms with Gasteiger partial charge in [0.25, 0.3) is 0 Å². The lowest BCUT2D eigenvalue weighted by atomic mass is 9.85. The Bertz CT molecular complexity index is 1300. The molecule has 0 spiro atoms. The zero-order valence-corrected chi connectivity index (χ0v) is 25.9. The van der Waals surface area contributed by atoms with Crippen LogP contribution in [0, 0.1) is 24.7 Å². The maximum absolute atomic E-state index is 12.9. The number of epoxide rings is 1. The van der Waals surface area contributed by atoms with Crippen molar-refractivity contribution < 1.29 is 38.4 Å². The number of oxazole rings is 1. The number of hydrogen-bond acceptors (Lipinski definition) is 9. The molecule has 9 unspecified atom stereocenters. The Balaban J connectivity index is 1.49. The molecule has 9 nitrogen and oxygen atoms in total. The summed E-state index contributed by atoms with van der Waals surface area (Å²) in [5, 5.41) is 22.4. The maximum Gasteiger partial charge on any atom is 0.330 e. The van der Waals surface area contributed by atoms with Crippen LogP contribution >= 0.6 is 0 Å². The van der Waals surface area contributed by atoms with Crippen LogP contribution in [-0.4, -0.2) is 63.3 Å². The van der Waals surface area contributed by atoms with Crippen LogP contribution in [-0.2, 0) is 23.8 Å². The van der Waals surface area contributed by atoms with Crippen molar-refractivity contribution in [1.82, 2.24) is 4.98 Å². The molecule has 2 saturated heterocycles. The van der Waals surface area contributed by atoms with Gasteiger partial charge in [0, 0.05) is 37.7 Å². The second kappa shape index (κ2) is 14.0. The fourth-order valence-electron chi connectivity index (χ4n) is 5.72. The maximum atomic E-state index is 12.9. The van der Waals surface area contributed by atoms with Gasteiger partial charge >= 0.3 is 11.9 Å². The zero-order chi connectivity index (χ0) is 31.3. The third-order valence-electron chi connectivity index (χ3n) is 8.76. The molecule has 4 heterocycles. The monoisotopic (exact) mass is 595 g/mol. The molecule has 1 aromatic rings. The fourth-order valence-corrected chi connectivity index (χ4v) is 5.72. The lowest BCUT2D eigenvalue weighted by molar-refractivity contribution is -0.158. The number of aryl methyl sites for hydroxylation is 1. The highest BCUT2D eigenvalue weighted by molar-refractivity contribution is 5.82. The molecular weight excluding hydrogens is 550 g/mol. The van der Waals surface area contributed by atoms with Crippen LogP contribution in [0.4, 0.5) is 0 Å². The Hall–Kier alpha value is -3.27. The van der Waals surface area contributed by atoms with E-state index in [1.165, 1.54) is 6.08 Å². The summed E-state index contributed by atoms with van der Waals surface area (Å²) in [5.41, 5.74) is 1.51. The van der Waals surface area contributed by atoms with E-state index in [0.717, 1.165) is 11.3 Å². The Kier molecular flexibility index (Phi) is 10.6. The quantitative estimate of drug-likeness (QED) is 0.198. The third kappa shape index (κ3) is 8.65. The summed E-state index contributed by atoms with van der Waals surface area (Å²) in [7, 11) is 0. The number of esters is 2. The van der Waals surface area contributed by atoms with E-state index >= 15 is 0 Å². The number of ether oxygens (including phenoxy) is 3. The molecule has 4 rings (SSSR count). The molecule has 0 saturated carbocycles. The number of nitrogens with zero attached hydrogens (tertiary/aromatic N) is 1. The minimum absolute atomic E-state index is 0.0169. The average molecular weight is 596 g/mol. The summed E-state index contributed by atoms with van der Waals surface area (Å²) in [4.78, 5) is 29.4. The van der Waals surface area contributed by atoms with Crippen LogP contribution in [0.2, 0.25) is 0 Å². The number of aliphatic hydroxyl groups excluding tert-OH is 2. The second-order valence-corrected chi connectivity index (χ2v) is 12.4. The van der Waals surface area contributed by atoms with Gasteiger partial charge in [-0.3, -0.25) is 4.79 Å². The van der Waals surface area contributed by atoms with Gasteiger partial charge in [-0.25, -0.2) is 9.78 Å². The van der Waals surface area contributed by atoms with Gasteiger partial charge in [0.05, 0.1) is 12.2 Å². The average Bonchev–Trinajstić information content (AvgIpc) is 3.46. The van der Waals surface area contributed by atoms with Crippen molar-refractivity contribution in [1.29, 1.82) is 0 Å². The normalized spacial score (nSPS) is 34.0. The Morgan fingerprint density at radius 2 is 1.95 bits per heavy atom. The smallest absolute Gasteiger partial charge is 0.330 e. The van der Waals surface area contributed by atoms with Crippen molar-refractivity contribution in [3.8, 4) is 0 Å². The van der Waals surface area contributed by atoms with Crippen molar-refractivity contribution >= 4 is 18.0 Å². The standard InChI is InChI=1S/C34H45NO8/c1-20(15-26-19-40-24(5)35-26)9-7-10-22(3)33(39)23(4)28-18-29(36)34(6)30(43-34)14-13-21(2)27-16-25(17-32(38)41-27)11-8-12-31(37)42-28/h7-10,12-15,19,21,23,25,27-30,33,36,39H,11,16-18H2,1-6H3. The first-order valence-electron chi connectivity index (χ1n) is 15.1. The summed E-state index contributed by atoms with van der Waals surface area (Å²) >= 11 is 0. The summed E-state index contributed by atoms with van der Waals surface area (Å²) in [5.74, 6) is -0.667. The van der Waals surface area contributed by atoms with Gasteiger partial charge < -0.3 is 28.8 Å². The van der Waals surface area contributed by atoms with E-state index in [-0.39, 0.29) is 36.4 Å². The number of aromatic nitrogens is 1. The third-order valence-corrected chi connectivity index (χ3v) is 8.76. The molecule has 43 heavy (non-hydrogen) atoms. The first kappa shape index (κ1) is 32.6. The van der Waals surface area contributed by atoms with Crippen LogP contribution in [0.3, 0.4) is 0 Å². The van der Waals surface area contributed by atoms with Crippen LogP contribution in [0.15, 0.2) is 64.4 Å². The molecule has 3 aliphatic rings. The van der Waals surface area contributed by atoms with Crippen molar-refractivity contribution in [2.24, 2.45) is 17.8 Å². The highest BCUT2D eigenvalue weighted by Crippen LogP contribution is 2.43. The molecule has 0 radical (unpaired) electrons. The van der Waals surface area contributed by atoms with Crippen LogP contribution < -0.4 is 0 Å². The van der Waals surface area contributed by atoms with Gasteiger partial charge in [-0.15, -0.1) is 0 Å². The second-order valence-electron chi connectivity index (χ2n) is 12.4. The first-order chi connectivity index (χ1) is 20.4. The summed E-state index contributed by atoms with van der Waals surface area (Å²) in [6, 6.07) is 0. The van der Waals surface area contributed by atoms with E-state index in [1.54, 1.807) is 26.2 Å². The van der Waals surface area contributed by atoms with Gasteiger partial charge in [-0.2, -0.15) is 0 Å². The van der Waals surface area contributed by atoms with E-state index in [1.807, 2.05) is 64.2 Å². The van der Waals surface area contributed by atoms with Crippen molar-refractivity contribution in [3.05, 3.63) is 71.5 Å². The minimum atomic E-state index is -0.948. The number of rotatable bonds is 6. The number of carbonyl (C=O) groups is 2. The molecule has 2 N–H and O–H groups in total. The molecule has 2 fully saturated rings. The summed E-state index contributed by atoms with van der Waals surface area (Å²) < 4.78 is 22.6. The molecule has 3 aliphatic heterocycles. The number of cyclic esters (lactones) is 1. The topological polar surface area (TPSA) is 132 Å². The van der Waals surface area contributed by atoms with Crippen molar-refractivity contribution in [3.63, 3.8) is 0 Å². The molecule has 9 heteroatoms. The van der Waals surface area contributed by atoms with Crippen molar-refractivity contribution in [2.45, 2.75) is 103 Å². The molecule has 1 aromatic heterocycles.